The number of rotatable bonds is 3. The summed E-state index contributed by atoms with van der Waals surface area (Å²) in [7, 11) is 0. The van der Waals surface area contributed by atoms with Crippen LogP contribution in [0.1, 0.15) is 18.5 Å². The van der Waals surface area contributed by atoms with Crippen molar-refractivity contribution in [2.24, 2.45) is 0 Å². The predicted molar refractivity (Wildman–Crippen MR) is 85.9 cm³/mol. The smallest absolute Gasteiger partial charge is 0.144 e. The number of ether oxygens (including phenoxy) is 2. The van der Waals surface area contributed by atoms with Crippen molar-refractivity contribution in [2.45, 2.75) is 13.0 Å². The Labute approximate surface area is 133 Å². The number of halogens is 2. The summed E-state index contributed by atoms with van der Waals surface area (Å²) < 4.78 is 11.2. The first-order valence-corrected chi connectivity index (χ1v) is 7.54. The normalized spacial score (nSPS) is 16.6. The summed E-state index contributed by atoms with van der Waals surface area (Å²) in [5.41, 5.74) is 1.99. The quantitative estimate of drug-likeness (QED) is 0.868. The number of fused-ring (bicyclic) bond motifs is 1. The maximum absolute atomic E-state index is 6.24. The molecule has 2 aromatic rings. The molecule has 0 saturated heterocycles. The zero-order chi connectivity index (χ0) is 14.8. The van der Waals surface area contributed by atoms with Crippen molar-refractivity contribution in [3.05, 3.63) is 52.0 Å². The Hall–Kier alpha value is -1.58. The van der Waals surface area contributed by atoms with Gasteiger partial charge < -0.3 is 14.8 Å². The number of hydrogen-bond donors (Lipinski definition) is 1. The number of benzene rings is 2. The van der Waals surface area contributed by atoms with Crippen LogP contribution >= 0.6 is 23.2 Å². The molecule has 1 N–H and O–H groups in total. The Morgan fingerprint density at radius 3 is 2.86 bits per heavy atom. The van der Waals surface area contributed by atoms with E-state index in [1.165, 1.54) is 0 Å². The number of anilines is 1. The Kier molecular flexibility index (Phi) is 4.13. The molecule has 2 aromatic carbocycles. The molecule has 1 aliphatic heterocycles. The Morgan fingerprint density at radius 2 is 2.10 bits per heavy atom. The summed E-state index contributed by atoms with van der Waals surface area (Å²) in [6, 6.07) is 11.4. The third-order valence-corrected chi connectivity index (χ3v) is 3.87. The average Bonchev–Trinajstić information content (AvgIpc) is 2.49. The highest BCUT2D eigenvalue weighted by Crippen LogP contribution is 2.37. The second-order valence-corrected chi connectivity index (χ2v) is 5.61. The van der Waals surface area contributed by atoms with Gasteiger partial charge in [-0.15, -0.1) is 0 Å². The molecule has 3 nitrogen and oxygen atoms in total. The van der Waals surface area contributed by atoms with Gasteiger partial charge in [0.05, 0.1) is 23.4 Å². The van der Waals surface area contributed by atoms with Gasteiger partial charge in [-0.05, 0) is 36.8 Å². The van der Waals surface area contributed by atoms with Crippen molar-refractivity contribution >= 4 is 28.9 Å². The lowest BCUT2D eigenvalue weighted by atomic mass is 10.1. The van der Waals surface area contributed by atoms with Crippen molar-refractivity contribution in [3.8, 4) is 11.5 Å². The fraction of sp³-hybridized carbons (Fsp3) is 0.250. The van der Waals surface area contributed by atoms with E-state index in [1.54, 1.807) is 0 Å². The van der Waals surface area contributed by atoms with E-state index < -0.39 is 0 Å². The average molecular weight is 324 g/mol. The summed E-state index contributed by atoms with van der Waals surface area (Å²) in [4.78, 5) is 0. The lowest BCUT2D eigenvalue weighted by Gasteiger charge is -2.28. The molecule has 0 unspecified atom stereocenters. The maximum atomic E-state index is 6.24. The van der Waals surface area contributed by atoms with Crippen LogP contribution in [0.25, 0.3) is 0 Å². The molecular weight excluding hydrogens is 309 g/mol. The van der Waals surface area contributed by atoms with Gasteiger partial charge in [0.2, 0.25) is 0 Å². The lowest BCUT2D eigenvalue weighted by molar-refractivity contribution is 0.286. The summed E-state index contributed by atoms with van der Waals surface area (Å²) in [5, 5.41) is 4.71. The summed E-state index contributed by atoms with van der Waals surface area (Å²) in [6.45, 7) is 3.05. The SMILES string of the molecule is CCOc1ccc([C@H]2COc3cc(Cl)ccc3N2)cc1Cl. The molecule has 0 spiro atoms. The Balaban J connectivity index is 1.82. The molecule has 110 valence electrons. The molecule has 0 aliphatic carbocycles. The Morgan fingerprint density at radius 1 is 1.24 bits per heavy atom. The van der Waals surface area contributed by atoms with E-state index >= 15 is 0 Å². The van der Waals surface area contributed by atoms with Crippen LogP contribution in [0.15, 0.2) is 36.4 Å². The second kappa shape index (κ2) is 6.04. The van der Waals surface area contributed by atoms with Crippen molar-refractivity contribution in [1.29, 1.82) is 0 Å². The van der Waals surface area contributed by atoms with Crippen LogP contribution in [0.3, 0.4) is 0 Å². The van der Waals surface area contributed by atoms with E-state index in [0.29, 0.717) is 29.0 Å². The van der Waals surface area contributed by atoms with Crippen LogP contribution in [0.5, 0.6) is 11.5 Å². The maximum Gasteiger partial charge on any atom is 0.144 e. The van der Waals surface area contributed by atoms with Gasteiger partial charge in [0, 0.05) is 11.1 Å². The van der Waals surface area contributed by atoms with Crippen LogP contribution in [-0.2, 0) is 0 Å². The largest absolute Gasteiger partial charge is 0.492 e. The zero-order valence-corrected chi connectivity index (χ0v) is 13.0. The molecule has 0 saturated carbocycles. The predicted octanol–water partition coefficient (Wildman–Crippen LogP) is 4.94. The molecule has 21 heavy (non-hydrogen) atoms. The zero-order valence-electron chi connectivity index (χ0n) is 11.5. The van der Waals surface area contributed by atoms with E-state index in [0.717, 1.165) is 17.0 Å². The van der Waals surface area contributed by atoms with Gasteiger partial charge in [-0.3, -0.25) is 0 Å². The molecular formula is C16H15Cl2NO2. The fourth-order valence-electron chi connectivity index (χ4n) is 2.32. The molecule has 3 rings (SSSR count). The highest BCUT2D eigenvalue weighted by Gasteiger charge is 2.21. The van der Waals surface area contributed by atoms with Gasteiger partial charge in [0.15, 0.2) is 0 Å². The second-order valence-electron chi connectivity index (χ2n) is 4.77. The van der Waals surface area contributed by atoms with E-state index in [-0.39, 0.29) is 6.04 Å². The van der Waals surface area contributed by atoms with Crippen LogP contribution in [0.2, 0.25) is 10.0 Å². The third-order valence-electron chi connectivity index (χ3n) is 3.34. The molecule has 0 aromatic heterocycles. The van der Waals surface area contributed by atoms with Gasteiger partial charge in [-0.1, -0.05) is 29.3 Å². The minimum Gasteiger partial charge on any atom is -0.492 e. The first-order valence-electron chi connectivity index (χ1n) is 6.78. The van der Waals surface area contributed by atoms with Crippen molar-refractivity contribution in [3.63, 3.8) is 0 Å². The van der Waals surface area contributed by atoms with Gasteiger partial charge in [0.25, 0.3) is 0 Å². The van der Waals surface area contributed by atoms with Gasteiger partial charge >= 0.3 is 0 Å². The highest BCUT2D eigenvalue weighted by atomic mass is 35.5. The van der Waals surface area contributed by atoms with Crippen molar-refractivity contribution < 1.29 is 9.47 Å². The van der Waals surface area contributed by atoms with Crippen LogP contribution in [-0.4, -0.2) is 13.2 Å². The fourth-order valence-corrected chi connectivity index (χ4v) is 2.73. The highest BCUT2D eigenvalue weighted by molar-refractivity contribution is 6.32. The molecule has 1 atom stereocenters. The van der Waals surface area contributed by atoms with Gasteiger partial charge in [-0.25, -0.2) is 0 Å². The molecule has 0 fully saturated rings. The number of nitrogens with one attached hydrogen (secondary N) is 1. The summed E-state index contributed by atoms with van der Waals surface area (Å²) in [6.07, 6.45) is 0. The molecule has 0 bridgehead atoms. The van der Waals surface area contributed by atoms with Crippen molar-refractivity contribution in [1.82, 2.24) is 0 Å². The van der Waals surface area contributed by atoms with Crippen LogP contribution in [0.4, 0.5) is 5.69 Å². The molecule has 0 radical (unpaired) electrons. The standard InChI is InChI=1S/C16H15Cl2NO2/c1-2-20-15-6-3-10(7-12(15)18)14-9-21-16-8-11(17)4-5-13(16)19-14/h3-8,14,19H,2,9H2,1H3/t14-/m1/s1. The third kappa shape index (κ3) is 3.04. The minimum absolute atomic E-state index is 0.0480. The summed E-state index contributed by atoms with van der Waals surface area (Å²) in [5.74, 6) is 1.47. The van der Waals surface area contributed by atoms with E-state index in [1.807, 2.05) is 43.3 Å². The van der Waals surface area contributed by atoms with E-state index in [9.17, 15) is 0 Å². The van der Waals surface area contributed by atoms with E-state index in [4.69, 9.17) is 32.7 Å². The van der Waals surface area contributed by atoms with Crippen molar-refractivity contribution in [2.75, 3.05) is 18.5 Å². The minimum atomic E-state index is 0.0480. The topological polar surface area (TPSA) is 30.5 Å². The van der Waals surface area contributed by atoms with Crippen LogP contribution < -0.4 is 14.8 Å². The molecule has 1 heterocycles. The summed E-state index contributed by atoms with van der Waals surface area (Å²) >= 11 is 12.2. The molecule has 5 heteroatoms. The first-order chi connectivity index (χ1) is 10.2. The van der Waals surface area contributed by atoms with Gasteiger partial charge in [0.1, 0.15) is 18.1 Å². The monoisotopic (exact) mass is 323 g/mol. The molecule has 0 amide bonds. The van der Waals surface area contributed by atoms with Gasteiger partial charge in [-0.2, -0.15) is 0 Å². The lowest BCUT2D eigenvalue weighted by Crippen LogP contribution is -2.23. The first kappa shape index (κ1) is 14.4. The Bertz CT molecular complexity index is 661. The number of hydrogen-bond acceptors (Lipinski definition) is 3. The molecule has 1 aliphatic rings. The van der Waals surface area contributed by atoms with Crippen LogP contribution in [0, 0.1) is 0 Å². The van der Waals surface area contributed by atoms with E-state index in [2.05, 4.69) is 5.32 Å².